The summed E-state index contributed by atoms with van der Waals surface area (Å²) >= 11 is 3.26. The molecule has 2 amide bonds. The van der Waals surface area contributed by atoms with Crippen molar-refractivity contribution in [2.24, 2.45) is 0 Å². The van der Waals surface area contributed by atoms with Gasteiger partial charge in [0.15, 0.2) is 0 Å². The molecular weight excluding hydrogens is 286 g/mol. The van der Waals surface area contributed by atoms with Crippen molar-refractivity contribution in [1.82, 2.24) is 4.90 Å². The fourth-order valence-corrected chi connectivity index (χ4v) is 2.33. The molecular formula is C12H12BrNO3. The van der Waals surface area contributed by atoms with Crippen LogP contribution in [-0.2, 0) is 4.74 Å². The molecule has 1 aliphatic heterocycles. The lowest BCUT2D eigenvalue weighted by molar-refractivity contribution is -0.0149. The van der Waals surface area contributed by atoms with Crippen LogP contribution >= 0.6 is 15.9 Å². The zero-order valence-electron chi connectivity index (χ0n) is 9.35. The van der Waals surface area contributed by atoms with Crippen LogP contribution in [0.2, 0.25) is 0 Å². The number of alkyl halides is 1. The highest BCUT2D eigenvalue weighted by Gasteiger charge is 2.39. The van der Waals surface area contributed by atoms with Gasteiger partial charge in [0.1, 0.15) is 6.23 Å². The van der Waals surface area contributed by atoms with E-state index in [1.165, 1.54) is 4.90 Å². The molecule has 4 nitrogen and oxygen atoms in total. The molecule has 0 unspecified atom stereocenters. The average Bonchev–Trinajstić information content (AvgIpc) is 2.61. The Morgan fingerprint density at radius 2 is 1.76 bits per heavy atom. The first kappa shape index (κ1) is 12.3. The highest BCUT2D eigenvalue weighted by Crippen LogP contribution is 2.25. The average molecular weight is 298 g/mol. The number of fused-ring (bicyclic) bond motifs is 1. The molecule has 0 bridgehead atoms. The van der Waals surface area contributed by atoms with Gasteiger partial charge in [0.25, 0.3) is 11.8 Å². The summed E-state index contributed by atoms with van der Waals surface area (Å²) in [6, 6.07) is 6.81. The summed E-state index contributed by atoms with van der Waals surface area (Å²) in [5, 5.41) is 0.409. The van der Waals surface area contributed by atoms with Crippen molar-refractivity contribution in [2.45, 2.75) is 13.2 Å². The van der Waals surface area contributed by atoms with E-state index in [9.17, 15) is 9.59 Å². The summed E-state index contributed by atoms with van der Waals surface area (Å²) < 4.78 is 5.38. The molecule has 0 saturated heterocycles. The maximum Gasteiger partial charge on any atom is 0.263 e. The smallest absolute Gasteiger partial charge is 0.263 e. The number of benzene rings is 1. The first-order valence-electron chi connectivity index (χ1n) is 5.35. The Balaban J connectivity index is 2.35. The van der Waals surface area contributed by atoms with Crippen LogP contribution in [0.3, 0.4) is 0 Å². The lowest BCUT2D eigenvalue weighted by atomic mass is 10.1. The molecule has 0 fully saturated rings. The summed E-state index contributed by atoms with van der Waals surface area (Å²) in [5.74, 6) is -0.577. The highest BCUT2D eigenvalue weighted by molar-refractivity contribution is 9.09. The molecule has 1 aromatic rings. The van der Waals surface area contributed by atoms with Crippen LogP contribution in [0.25, 0.3) is 0 Å². The number of amides is 2. The number of hydrogen-bond acceptors (Lipinski definition) is 3. The SMILES string of the molecule is CCO[C@@H](CBr)N1C(=O)c2ccccc2C1=O. The minimum absolute atomic E-state index is 0.288. The predicted octanol–water partition coefficient (Wildman–Crippen LogP) is 2.04. The van der Waals surface area contributed by atoms with Gasteiger partial charge in [-0.3, -0.25) is 9.59 Å². The van der Waals surface area contributed by atoms with E-state index in [1.807, 2.05) is 6.92 Å². The number of carbonyl (C=O) groups excluding carboxylic acids is 2. The maximum absolute atomic E-state index is 12.1. The van der Waals surface area contributed by atoms with Crippen LogP contribution in [0.5, 0.6) is 0 Å². The number of rotatable bonds is 4. The van der Waals surface area contributed by atoms with Gasteiger partial charge in [0.2, 0.25) is 0 Å². The molecule has 1 aliphatic rings. The molecule has 17 heavy (non-hydrogen) atoms. The standard InChI is InChI=1S/C12H12BrNO3/c1-2-17-10(7-13)14-11(15)8-5-3-4-6-9(8)12(14)16/h3-6,10H,2,7H2,1H3/t10-/m0/s1. The second-order valence-electron chi connectivity index (χ2n) is 3.59. The van der Waals surface area contributed by atoms with Crippen LogP contribution < -0.4 is 0 Å². The summed E-state index contributed by atoms with van der Waals surface area (Å²) in [5.41, 5.74) is 0.895. The fraction of sp³-hybridized carbons (Fsp3) is 0.333. The van der Waals surface area contributed by atoms with E-state index in [2.05, 4.69) is 15.9 Å². The number of imide groups is 1. The minimum Gasteiger partial charge on any atom is -0.357 e. The molecule has 5 heteroatoms. The van der Waals surface area contributed by atoms with Gasteiger partial charge in [-0.1, -0.05) is 28.1 Å². The van der Waals surface area contributed by atoms with Crippen molar-refractivity contribution in [3.63, 3.8) is 0 Å². The van der Waals surface area contributed by atoms with Gasteiger partial charge in [-0.15, -0.1) is 0 Å². The number of ether oxygens (including phenoxy) is 1. The first-order chi connectivity index (χ1) is 8.20. The molecule has 90 valence electrons. The molecule has 0 aliphatic carbocycles. The topological polar surface area (TPSA) is 46.6 Å². The van der Waals surface area contributed by atoms with Crippen molar-refractivity contribution >= 4 is 27.7 Å². The lowest BCUT2D eigenvalue weighted by Gasteiger charge is -2.23. The minimum atomic E-state index is -0.549. The van der Waals surface area contributed by atoms with Crippen LogP contribution in [0.15, 0.2) is 24.3 Å². The van der Waals surface area contributed by atoms with E-state index in [1.54, 1.807) is 24.3 Å². The number of nitrogens with zero attached hydrogens (tertiary/aromatic N) is 1. The van der Waals surface area contributed by atoms with E-state index in [4.69, 9.17) is 4.74 Å². The Kier molecular flexibility index (Phi) is 3.59. The Labute approximate surface area is 108 Å². The zero-order valence-corrected chi connectivity index (χ0v) is 10.9. The van der Waals surface area contributed by atoms with E-state index in [0.717, 1.165) is 0 Å². The predicted molar refractivity (Wildman–Crippen MR) is 66.2 cm³/mol. The van der Waals surface area contributed by atoms with Crippen molar-refractivity contribution in [2.75, 3.05) is 11.9 Å². The van der Waals surface area contributed by atoms with Gasteiger partial charge in [0, 0.05) is 11.9 Å². The van der Waals surface area contributed by atoms with E-state index in [-0.39, 0.29) is 11.8 Å². The highest BCUT2D eigenvalue weighted by atomic mass is 79.9. The van der Waals surface area contributed by atoms with E-state index in [0.29, 0.717) is 23.1 Å². The quantitative estimate of drug-likeness (QED) is 0.631. The largest absolute Gasteiger partial charge is 0.357 e. The van der Waals surface area contributed by atoms with Gasteiger partial charge < -0.3 is 4.74 Å². The first-order valence-corrected chi connectivity index (χ1v) is 6.47. The van der Waals surface area contributed by atoms with Gasteiger partial charge >= 0.3 is 0 Å². The van der Waals surface area contributed by atoms with Gasteiger partial charge in [-0.25, -0.2) is 4.90 Å². The monoisotopic (exact) mass is 297 g/mol. The molecule has 1 atom stereocenters. The summed E-state index contributed by atoms with van der Waals surface area (Å²) in [6.07, 6.45) is -0.549. The summed E-state index contributed by atoms with van der Waals surface area (Å²) in [6.45, 7) is 2.28. The van der Waals surface area contributed by atoms with Crippen LogP contribution in [0.4, 0.5) is 0 Å². The molecule has 0 aromatic heterocycles. The molecule has 0 saturated carbocycles. The fourth-order valence-electron chi connectivity index (χ4n) is 1.85. The summed E-state index contributed by atoms with van der Waals surface area (Å²) in [7, 11) is 0. The molecule has 2 rings (SSSR count). The van der Waals surface area contributed by atoms with E-state index >= 15 is 0 Å². The van der Waals surface area contributed by atoms with Crippen molar-refractivity contribution in [3.8, 4) is 0 Å². The number of carbonyl (C=O) groups is 2. The van der Waals surface area contributed by atoms with E-state index < -0.39 is 6.23 Å². The maximum atomic E-state index is 12.1. The molecule has 1 aromatic carbocycles. The third-order valence-corrected chi connectivity index (χ3v) is 3.16. The van der Waals surface area contributed by atoms with Crippen LogP contribution in [-0.4, -0.2) is 34.9 Å². The Morgan fingerprint density at radius 3 is 2.18 bits per heavy atom. The van der Waals surface area contributed by atoms with Crippen LogP contribution in [0.1, 0.15) is 27.6 Å². The van der Waals surface area contributed by atoms with Crippen molar-refractivity contribution in [3.05, 3.63) is 35.4 Å². The second kappa shape index (κ2) is 4.98. The normalized spacial score (nSPS) is 16.2. The van der Waals surface area contributed by atoms with Gasteiger partial charge in [-0.05, 0) is 19.1 Å². The Morgan fingerprint density at radius 1 is 1.24 bits per heavy atom. The number of halogens is 1. The Hall–Kier alpha value is -1.20. The molecule has 0 spiro atoms. The molecule has 0 radical (unpaired) electrons. The van der Waals surface area contributed by atoms with Crippen LogP contribution in [0, 0.1) is 0 Å². The van der Waals surface area contributed by atoms with Crippen molar-refractivity contribution in [1.29, 1.82) is 0 Å². The van der Waals surface area contributed by atoms with Crippen molar-refractivity contribution < 1.29 is 14.3 Å². The zero-order chi connectivity index (χ0) is 12.4. The van der Waals surface area contributed by atoms with Gasteiger partial charge in [0.05, 0.1) is 11.1 Å². The third-order valence-electron chi connectivity index (χ3n) is 2.60. The summed E-state index contributed by atoms with van der Waals surface area (Å²) in [4.78, 5) is 25.3. The molecule has 1 heterocycles. The third kappa shape index (κ3) is 2.00. The van der Waals surface area contributed by atoms with Gasteiger partial charge in [-0.2, -0.15) is 0 Å². The lowest BCUT2D eigenvalue weighted by Crippen LogP contribution is -2.42. The second-order valence-corrected chi connectivity index (χ2v) is 4.24. The Bertz CT molecular complexity index is 426. The number of hydrogen-bond donors (Lipinski definition) is 0. The molecule has 0 N–H and O–H groups in total.